The fraction of sp³-hybridized carbons (Fsp3) is 0.818. The van der Waals surface area contributed by atoms with Gasteiger partial charge in [0.1, 0.15) is 0 Å². The molecule has 0 amide bonds. The molecule has 0 atom stereocenters. The first kappa shape index (κ1) is 13.3. The van der Waals surface area contributed by atoms with Crippen molar-refractivity contribution >= 4 is 0 Å². The molecule has 1 aliphatic rings. The van der Waals surface area contributed by atoms with Crippen LogP contribution in [0.5, 0.6) is 0 Å². The molecule has 0 unspecified atom stereocenters. The maximum atomic E-state index is 12.3. The summed E-state index contributed by atoms with van der Waals surface area (Å²) in [6.07, 6.45) is -1.08. The lowest BCUT2D eigenvalue weighted by Gasteiger charge is -2.26. The number of nitrogens with one attached hydrogen (secondary N) is 1. The van der Waals surface area contributed by atoms with Gasteiger partial charge >= 0.3 is 6.18 Å². The molecule has 1 aromatic heterocycles. The highest BCUT2D eigenvalue weighted by atomic mass is 19.4. The SMILES string of the molecule is CCNC1CCC(c2nc(C(F)(F)F)no2)CC1. The van der Waals surface area contributed by atoms with Crippen LogP contribution in [0.15, 0.2) is 4.52 Å². The van der Waals surface area contributed by atoms with Gasteiger partial charge in [-0.2, -0.15) is 18.2 Å². The van der Waals surface area contributed by atoms with Crippen LogP contribution in [0.3, 0.4) is 0 Å². The fourth-order valence-electron chi connectivity index (χ4n) is 2.35. The van der Waals surface area contributed by atoms with Gasteiger partial charge in [-0.15, -0.1) is 0 Å². The van der Waals surface area contributed by atoms with E-state index in [9.17, 15) is 13.2 Å². The molecule has 0 radical (unpaired) electrons. The standard InChI is InChI=1S/C11H16F3N3O/c1-2-15-8-5-3-7(4-6-8)9-16-10(17-18-9)11(12,13)14/h7-8,15H,2-6H2,1H3. The molecule has 18 heavy (non-hydrogen) atoms. The molecule has 4 nitrogen and oxygen atoms in total. The molecule has 7 heteroatoms. The third-order valence-electron chi connectivity index (χ3n) is 3.26. The molecule has 0 aromatic carbocycles. The van der Waals surface area contributed by atoms with Crippen LogP contribution < -0.4 is 5.32 Å². The van der Waals surface area contributed by atoms with E-state index in [1.165, 1.54) is 0 Å². The smallest absolute Gasteiger partial charge is 0.339 e. The summed E-state index contributed by atoms with van der Waals surface area (Å²) in [5.74, 6) is -1.09. The van der Waals surface area contributed by atoms with Gasteiger partial charge in [-0.1, -0.05) is 12.1 Å². The minimum absolute atomic E-state index is 0.0384. The van der Waals surface area contributed by atoms with Crippen molar-refractivity contribution in [1.82, 2.24) is 15.5 Å². The number of halogens is 3. The van der Waals surface area contributed by atoms with Crippen LogP contribution in [0.4, 0.5) is 13.2 Å². The zero-order valence-corrected chi connectivity index (χ0v) is 10.1. The van der Waals surface area contributed by atoms with Crippen molar-refractivity contribution < 1.29 is 17.7 Å². The van der Waals surface area contributed by atoms with Gasteiger partial charge in [0.15, 0.2) is 0 Å². The molecule has 1 heterocycles. The van der Waals surface area contributed by atoms with E-state index in [1.54, 1.807) is 0 Å². The van der Waals surface area contributed by atoms with Crippen molar-refractivity contribution in [3.63, 3.8) is 0 Å². The predicted molar refractivity (Wildman–Crippen MR) is 58.0 cm³/mol. The summed E-state index contributed by atoms with van der Waals surface area (Å²) >= 11 is 0. The Labute approximate surface area is 103 Å². The van der Waals surface area contributed by atoms with Gasteiger partial charge < -0.3 is 9.84 Å². The van der Waals surface area contributed by atoms with Crippen LogP contribution in [0.1, 0.15) is 50.2 Å². The van der Waals surface area contributed by atoms with Crippen molar-refractivity contribution in [3.05, 3.63) is 11.7 Å². The first-order valence-corrected chi connectivity index (χ1v) is 6.15. The van der Waals surface area contributed by atoms with E-state index in [1.807, 2.05) is 6.92 Å². The lowest BCUT2D eigenvalue weighted by atomic mass is 9.86. The van der Waals surface area contributed by atoms with Crippen molar-refractivity contribution in [2.24, 2.45) is 0 Å². The summed E-state index contributed by atoms with van der Waals surface area (Å²) in [6.45, 7) is 2.95. The van der Waals surface area contributed by atoms with E-state index in [-0.39, 0.29) is 11.8 Å². The second kappa shape index (κ2) is 5.26. The van der Waals surface area contributed by atoms with E-state index < -0.39 is 12.0 Å². The minimum Gasteiger partial charge on any atom is -0.339 e. The Morgan fingerprint density at radius 3 is 2.44 bits per heavy atom. The van der Waals surface area contributed by atoms with E-state index in [0.717, 1.165) is 32.2 Å². The molecule has 1 aromatic rings. The second-order valence-electron chi connectivity index (χ2n) is 4.56. The topological polar surface area (TPSA) is 51.0 Å². The Morgan fingerprint density at radius 1 is 1.28 bits per heavy atom. The lowest BCUT2D eigenvalue weighted by molar-refractivity contribution is -0.146. The summed E-state index contributed by atoms with van der Waals surface area (Å²) in [7, 11) is 0. The van der Waals surface area contributed by atoms with Gasteiger partial charge in [0, 0.05) is 12.0 Å². The monoisotopic (exact) mass is 263 g/mol. The highest BCUT2D eigenvalue weighted by molar-refractivity contribution is 4.99. The fourth-order valence-corrected chi connectivity index (χ4v) is 2.35. The van der Waals surface area contributed by atoms with Crippen LogP contribution in [0.2, 0.25) is 0 Å². The molecule has 1 fully saturated rings. The summed E-state index contributed by atoms with van der Waals surface area (Å²) in [4.78, 5) is 3.45. The number of aromatic nitrogens is 2. The predicted octanol–water partition coefficient (Wildman–Crippen LogP) is 2.72. The highest BCUT2D eigenvalue weighted by Gasteiger charge is 2.38. The summed E-state index contributed by atoms with van der Waals surface area (Å²) < 4.78 is 41.7. The Hall–Kier alpha value is -1.11. The lowest BCUT2D eigenvalue weighted by Crippen LogP contribution is -2.32. The van der Waals surface area contributed by atoms with Crippen LogP contribution in [0.25, 0.3) is 0 Å². The Balaban J connectivity index is 1.95. The highest BCUT2D eigenvalue weighted by Crippen LogP contribution is 2.34. The molecule has 1 saturated carbocycles. The molecule has 0 bridgehead atoms. The normalized spacial score (nSPS) is 25.3. The summed E-state index contributed by atoms with van der Waals surface area (Å²) in [6, 6.07) is 0.455. The van der Waals surface area contributed by atoms with Gasteiger partial charge in [0.25, 0.3) is 5.82 Å². The second-order valence-corrected chi connectivity index (χ2v) is 4.56. The Bertz CT molecular complexity index is 383. The van der Waals surface area contributed by atoms with Crippen LogP contribution in [0, 0.1) is 0 Å². The number of hydrogen-bond donors (Lipinski definition) is 1. The van der Waals surface area contributed by atoms with E-state index in [0.29, 0.717) is 6.04 Å². The van der Waals surface area contributed by atoms with Crippen molar-refractivity contribution in [3.8, 4) is 0 Å². The number of rotatable bonds is 3. The Morgan fingerprint density at radius 2 is 1.94 bits per heavy atom. The van der Waals surface area contributed by atoms with Gasteiger partial charge in [0.2, 0.25) is 5.89 Å². The third kappa shape index (κ3) is 3.01. The molecule has 0 saturated heterocycles. The molecule has 102 valence electrons. The zero-order valence-electron chi connectivity index (χ0n) is 10.1. The van der Waals surface area contributed by atoms with Crippen molar-refractivity contribution in [2.45, 2.75) is 50.7 Å². The maximum Gasteiger partial charge on any atom is 0.455 e. The third-order valence-corrected chi connectivity index (χ3v) is 3.26. The number of nitrogens with zero attached hydrogens (tertiary/aromatic N) is 2. The van der Waals surface area contributed by atoms with Crippen molar-refractivity contribution in [2.75, 3.05) is 6.54 Å². The van der Waals surface area contributed by atoms with Crippen LogP contribution in [-0.2, 0) is 6.18 Å². The Kier molecular flexibility index (Phi) is 3.89. The molecule has 1 aliphatic carbocycles. The van der Waals surface area contributed by atoms with Crippen LogP contribution >= 0.6 is 0 Å². The zero-order chi connectivity index (χ0) is 13.2. The molecule has 0 aliphatic heterocycles. The number of hydrogen-bond acceptors (Lipinski definition) is 4. The summed E-state index contributed by atoms with van der Waals surface area (Å²) in [5.41, 5.74) is 0. The van der Waals surface area contributed by atoms with E-state index in [4.69, 9.17) is 4.52 Å². The molecular formula is C11H16F3N3O. The van der Waals surface area contributed by atoms with Crippen LogP contribution in [-0.4, -0.2) is 22.7 Å². The maximum absolute atomic E-state index is 12.3. The average molecular weight is 263 g/mol. The van der Waals surface area contributed by atoms with Crippen molar-refractivity contribution in [1.29, 1.82) is 0 Å². The quantitative estimate of drug-likeness (QED) is 0.911. The largest absolute Gasteiger partial charge is 0.455 e. The first-order valence-electron chi connectivity index (χ1n) is 6.15. The van der Waals surface area contributed by atoms with Gasteiger partial charge in [0.05, 0.1) is 0 Å². The molecule has 0 spiro atoms. The average Bonchev–Trinajstić information content (AvgIpc) is 2.79. The van der Waals surface area contributed by atoms with E-state index >= 15 is 0 Å². The number of alkyl halides is 3. The molecule has 1 N–H and O–H groups in total. The van der Waals surface area contributed by atoms with Gasteiger partial charge in [-0.05, 0) is 32.2 Å². The molecule has 2 rings (SSSR count). The summed E-state index contributed by atoms with van der Waals surface area (Å²) in [5, 5.41) is 6.33. The van der Waals surface area contributed by atoms with E-state index in [2.05, 4.69) is 15.5 Å². The van der Waals surface area contributed by atoms with Gasteiger partial charge in [-0.3, -0.25) is 0 Å². The first-order chi connectivity index (χ1) is 8.50. The minimum atomic E-state index is -4.53. The van der Waals surface area contributed by atoms with Gasteiger partial charge in [-0.25, -0.2) is 0 Å². The molecular weight excluding hydrogens is 247 g/mol.